The Morgan fingerprint density at radius 1 is 1.00 bits per heavy atom. The van der Waals surface area contributed by atoms with Gasteiger partial charge in [0.15, 0.2) is 0 Å². The lowest BCUT2D eigenvalue weighted by atomic mass is 10.6. The van der Waals surface area contributed by atoms with Gasteiger partial charge in [0.1, 0.15) is 12.7 Å². The molecule has 0 unspecified atom stereocenters. The van der Waals surface area contributed by atoms with Gasteiger partial charge in [-0.3, -0.25) is 9.59 Å². The predicted molar refractivity (Wildman–Crippen MR) is 41.5 cm³/mol. The summed E-state index contributed by atoms with van der Waals surface area (Å²) >= 11 is 0. The number of nitrogens with zero attached hydrogens (tertiary/aromatic N) is 4. The van der Waals surface area contributed by atoms with Crippen molar-refractivity contribution >= 4 is 17.8 Å². The van der Waals surface area contributed by atoms with Gasteiger partial charge in [0, 0.05) is 12.2 Å². The van der Waals surface area contributed by atoms with Crippen molar-refractivity contribution in [1.29, 1.82) is 0 Å². The van der Waals surface area contributed by atoms with Gasteiger partial charge in [-0.1, -0.05) is 0 Å². The van der Waals surface area contributed by atoms with Gasteiger partial charge >= 0.3 is 0 Å². The van der Waals surface area contributed by atoms with Crippen LogP contribution in [0.25, 0.3) is 0 Å². The van der Waals surface area contributed by atoms with Crippen LogP contribution in [0.5, 0.6) is 0 Å². The van der Waals surface area contributed by atoms with E-state index in [4.69, 9.17) is 0 Å². The second-order valence-corrected chi connectivity index (χ2v) is 2.28. The van der Waals surface area contributed by atoms with E-state index in [1.165, 1.54) is 24.8 Å². The third kappa shape index (κ3) is 1.18. The summed E-state index contributed by atoms with van der Waals surface area (Å²) < 4.78 is 0. The molecule has 0 fully saturated rings. The Balaban J connectivity index is 2.38. The molecule has 13 heavy (non-hydrogen) atoms. The molecular formula is C7H4N4O2. The van der Waals surface area contributed by atoms with Crippen LogP contribution in [0.4, 0.5) is 5.95 Å². The van der Waals surface area contributed by atoms with Crippen LogP contribution in [-0.2, 0) is 9.59 Å². The lowest BCUT2D eigenvalue weighted by Gasteiger charge is -2.09. The molecule has 64 valence electrons. The zero-order valence-electron chi connectivity index (χ0n) is 6.41. The van der Waals surface area contributed by atoms with Gasteiger partial charge in [0.2, 0.25) is 5.95 Å². The molecule has 0 radical (unpaired) electrons. The highest BCUT2D eigenvalue weighted by Crippen LogP contribution is 2.10. The van der Waals surface area contributed by atoms with Gasteiger partial charge in [-0.05, 0) is 0 Å². The van der Waals surface area contributed by atoms with Crippen LogP contribution in [0.3, 0.4) is 0 Å². The molecule has 2 rings (SSSR count). The van der Waals surface area contributed by atoms with Crippen LogP contribution >= 0.6 is 0 Å². The van der Waals surface area contributed by atoms with Crippen LogP contribution in [0.15, 0.2) is 24.8 Å². The second kappa shape index (κ2) is 2.74. The number of carbonyl (C=O) groups excluding carboxylic acids is 2. The van der Waals surface area contributed by atoms with Crippen molar-refractivity contribution in [2.75, 3.05) is 4.90 Å². The van der Waals surface area contributed by atoms with E-state index in [0.29, 0.717) is 0 Å². The van der Waals surface area contributed by atoms with Crippen LogP contribution < -0.4 is 4.90 Å². The first-order valence-corrected chi connectivity index (χ1v) is 3.47. The number of carbonyl (C=O) groups is 2. The highest BCUT2D eigenvalue weighted by molar-refractivity contribution is 6.27. The van der Waals surface area contributed by atoms with Gasteiger partial charge in [-0.15, -0.1) is 0 Å². The summed E-state index contributed by atoms with van der Waals surface area (Å²) in [5.41, 5.74) is 0. The third-order valence-corrected chi connectivity index (χ3v) is 1.49. The van der Waals surface area contributed by atoms with Crippen molar-refractivity contribution in [2.24, 2.45) is 0 Å². The molecule has 0 saturated carbocycles. The molecule has 1 aliphatic rings. The molecule has 2 heterocycles. The first-order chi connectivity index (χ1) is 6.29. The molecule has 0 spiro atoms. The number of hydrogen-bond donors (Lipinski definition) is 0. The van der Waals surface area contributed by atoms with Gasteiger partial charge in [-0.25, -0.2) is 19.9 Å². The Morgan fingerprint density at radius 2 is 1.54 bits per heavy atom. The fourth-order valence-corrected chi connectivity index (χ4v) is 0.946. The van der Waals surface area contributed by atoms with Gasteiger partial charge in [0.25, 0.3) is 11.8 Å². The fourth-order valence-electron chi connectivity index (χ4n) is 0.946. The number of rotatable bonds is 1. The third-order valence-electron chi connectivity index (χ3n) is 1.49. The zero-order chi connectivity index (χ0) is 9.26. The summed E-state index contributed by atoms with van der Waals surface area (Å²) in [6.07, 6.45) is 4.79. The predicted octanol–water partition coefficient (Wildman–Crippen LogP) is -0.699. The molecule has 1 aromatic rings. The monoisotopic (exact) mass is 176 g/mol. The Hall–Kier alpha value is -2.11. The Kier molecular flexibility index (Phi) is 1.59. The SMILES string of the molecule is O=C1C=CC(=O)N1c1ncncn1. The van der Waals surface area contributed by atoms with E-state index in [0.717, 1.165) is 4.90 Å². The maximum absolute atomic E-state index is 11.1. The minimum absolute atomic E-state index is 0.0509. The molecule has 0 atom stereocenters. The molecule has 0 aromatic carbocycles. The molecule has 6 nitrogen and oxygen atoms in total. The highest BCUT2D eigenvalue weighted by atomic mass is 16.2. The first kappa shape index (κ1) is 7.53. The highest BCUT2D eigenvalue weighted by Gasteiger charge is 2.26. The van der Waals surface area contributed by atoms with E-state index in [2.05, 4.69) is 15.0 Å². The average Bonchev–Trinajstić information content (AvgIpc) is 2.48. The van der Waals surface area contributed by atoms with Crippen LogP contribution in [0.2, 0.25) is 0 Å². The Morgan fingerprint density at radius 3 is 2.08 bits per heavy atom. The quantitative estimate of drug-likeness (QED) is 0.529. The summed E-state index contributed by atoms with van der Waals surface area (Å²) in [7, 11) is 0. The summed E-state index contributed by atoms with van der Waals surface area (Å²) in [5, 5.41) is 0. The lowest BCUT2D eigenvalue weighted by molar-refractivity contribution is -0.120. The minimum Gasteiger partial charge on any atom is -0.269 e. The molecule has 6 heteroatoms. The number of hydrogen-bond acceptors (Lipinski definition) is 5. The first-order valence-electron chi connectivity index (χ1n) is 3.47. The number of anilines is 1. The van der Waals surface area contributed by atoms with Crippen LogP contribution in [-0.4, -0.2) is 26.8 Å². The van der Waals surface area contributed by atoms with Gasteiger partial charge in [-0.2, -0.15) is 0 Å². The van der Waals surface area contributed by atoms with Gasteiger partial charge in [0.05, 0.1) is 0 Å². The van der Waals surface area contributed by atoms with Crippen molar-refractivity contribution in [3.8, 4) is 0 Å². The van der Waals surface area contributed by atoms with Crippen molar-refractivity contribution in [1.82, 2.24) is 15.0 Å². The van der Waals surface area contributed by atoms with Crippen LogP contribution in [0.1, 0.15) is 0 Å². The van der Waals surface area contributed by atoms with Crippen molar-refractivity contribution in [3.63, 3.8) is 0 Å². The summed E-state index contributed by atoms with van der Waals surface area (Å²) in [6.45, 7) is 0. The number of amides is 2. The van der Waals surface area contributed by atoms with Crippen LogP contribution in [0, 0.1) is 0 Å². The summed E-state index contributed by atoms with van der Waals surface area (Å²) in [6, 6.07) is 0. The standard InChI is InChI=1S/C7H4N4O2/c12-5-1-2-6(13)11(5)7-9-3-8-4-10-7/h1-4H. The second-order valence-electron chi connectivity index (χ2n) is 2.28. The molecule has 0 aliphatic carbocycles. The largest absolute Gasteiger partial charge is 0.269 e. The molecule has 0 saturated heterocycles. The molecule has 1 aromatic heterocycles. The van der Waals surface area contributed by atoms with E-state index in [1.54, 1.807) is 0 Å². The van der Waals surface area contributed by atoms with E-state index >= 15 is 0 Å². The van der Waals surface area contributed by atoms with E-state index < -0.39 is 11.8 Å². The molecule has 0 N–H and O–H groups in total. The Bertz CT molecular complexity index is 369. The number of imide groups is 1. The number of aromatic nitrogens is 3. The maximum atomic E-state index is 11.1. The van der Waals surface area contributed by atoms with Crippen molar-refractivity contribution < 1.29 is 9.59 Å². The molecule has 0 bridgehead atoms. The fraction of sp³-hybridized carbons (Fsp3) is 0. The van der Waals surface area contributed by atoms with Crippen molar-refractivity contribution in [3.05, 3.63) is 24.8 Å². The maximum Gasteiger partial charge on any atom is 0.260 e. The van der Waals surface area contributed by atoms with Gasteiger partial charge < -0.3 is 0 Å². The summed E-state index contributed by atoms with van der Waals surface area (Å²) in [5.74, 6) is -0.817. The molecule has 1 aliphatic heterocycles. The van der Waals surface area contributed by atoms with E-state index in [9.17, 15) is 9.59 Å². The normalized spacial score (nSPS) is 15.5. The molecule has 2 amide bonds. The summed E-state index contributed by atoms with van der Waals surface area (Å²) in [4.78, 5) is 34.0. The van der Waals surface area contributed by atoms with E-state index in [-0.39, 0.29) is 5.95 Å². The van der Waals surface area contributed by atoms with E-state index in [1.807, 2.05) is 0 Å². The topological polar surface area (TPSA) is 76.1 Å². The average molecular weight is 176 g/mol. The Labute approximate surface area is 72.9 Å². The smallest absolute Gasteiger partial charge is 0.260 e. The minimum atomic E-state index is -0.434. The lowest BCUT2D eigenvalue weighted by Crippen LogP contribution is -2.31. The van der Waals surface area contributed by atoms with Crippen molar-refractivity contribution in [2.45, 2.75) is 0 Å². The molecular weight excluding hydrogens is 172 g/mol. The zero-order valence-corrected chi connectivity index (χ0v) is 6.41.